The molecule has 1 aliphatic heterocycles. The van der Waals surface area contributed by atoms with Crippen LogP contribution in [0.5, 0.6) is 11.5 Å². The van der Waals surface area contributed by atoms with E-state index in [4.69, 9.17) is 21.1 Å². The highest BCUT2D eigenvalue weighted by Gasteiger charge is 2.18. The van der Waals surface area contributed by atoms with E-state index in [2.05, 4.69) is 10.2 Å². The van der Waals surface area contributed by atoms with Gasteiger partial charge in [-0.1, -0.05) is 11.6 Å². The number of carbonyl (C=O) groups is 1. The van der Waals surface area contributed by atoms with Gasteiger partial charge in [-0.25, -0.2) is 0 Å². The van der Waals surface area contributed by atoms with Gasteiger partial charge < -0.3 is 19.7 Å². The van der Waals surface area contributed by atoms with E-state index in [1.807, 2.05) is 14.1 Å². The van der Waals surface area contributed by atoms with Crippen LogP contribution in [0.4, 0.5) is 0 Å². The van der Waals surface area contributed by atoms with Crippen molar-refractivity contribution in [2.45, 2.75) is 12.8 Å². The molecule has 0 spiro atoms. The third kappa shape index (κ3) is 4.51. The standard InChI is InChI=1S/C15H21ClN2O3/c1-18(2)6-3-5-17-15(19)11-9-12(16)14-13(10-11)20-7-4-8-21-14/h9-10H,3-8H2,1-2H3,(H,17,19). The van der Waals surface area contributed by atoms with Gasteiger partial charge in [0.05, 0.1) is 18.2 Å². The van der Waals surface area contributed by atoms with Gasteiger partial charge in [0, 0.05) is 18.5 Å². The van der Waals surface area contributed by atoms with E-state index in [-0.39, 0.29) is 5.91 Å². The number of nitrogens with one attached hydrogen (secondary N) is 1. The van der Waals surface area contributed by atoms with Crippen molar-refractivity contribution < 1.29 is 14.3 Å². The smallest absolute Gasteiger partial charge is 0.251 e. The molecule has 0 aromatic heterocycles. The quantitative estimate of drug-likeness (QED) is 0.847. The number of halogens is 1. The molecule has 1 aromatic carbocycles. The summed E-state index contributed by atoms with van der Waals surface area (Å²) in [5, 5.41) is 3.29. The predicted molar refractivity (Wildman–Crippen MR) is 82.6 cm³/mol. The Morgan fingerprint density at radius 3 is 2.86 bits per heavy atom. The summed E-state index contributed by atoms with van der Waals surface area (Å²) < 4.78 is 11.1. The lowest BCUT2D eigenvalue weighted by Gasteiger charge is -2.12. The van der Waals surface area contributed by atoms with Gasteiger partial charge in [0.15, 0.2) is 11.5 Å². The maximum absolute atomic E-state index is 12.1. The van der Waals surface area contributed by atoms with Crippen molar-refractivity contribution in [2.75, 3.05) is 40.4 Å². The Morgan fingerprint density at radius 2 is 2.10 bits per heavy atom. The van der Waals surface area contributed by atoms with Crippen LogP contribution in [0.25, 0.3) is 0 Å². The van der Waals surface area contributed by atoms with Crippen molar-refractivity contribution in [1.29, 1.82) is 0 Å². The molecule has 0 bridgehead atoms. The zero-order chi connectivity index (χ0) is 15.2. The fourth-order valence-electron chi connectivity index (χ4n) is 2.06. The van der Waals surface area contributed by atoms with Crippen molar-refractivity contribution in [3.8, 4) is 11.5 Å². The molecule has 0 unspecified atom stereocenters. The molecule has 0 saturated heterocycles. The number of rotatable bonds is 5. The molecule has 1 N–H and O–H groups in total. The number of nitrogens with zero attached hydrogens (tertiary/aromatic N) is 1. The van der Waals surface area contributed by atoms with Crippen molar-refractivity contribution >= 4 is 17.5 Å². The highest BCUT2D eigenvalue weighted by molar-refractivity contribution is 6.32. The van der Waals surface area contributed by atoms with Crippen LogP contribution in [-0.4, -0.2) is 51.2 Å². The normalized spacial score (nSPS) is 13.9. The summed E-state index contributed by atoms with van der Waals surface area (Å²) in [4.78, 5) is 14.2. The zero-order valence-corrected chi connectivity index (χ0v) is 13.2. The molecule has 2 rings (SSSR count). The molecule has 0 saturated carbocycles. The minimum absolute atomic E-state index is 0.147. The van der Waals surface area contributed by atoms with Crippen molar-refractivity contribution in [1.82, 2.24) is 10.2 Å². The Balaban J connectivity index is 2.01. The number of amides is 1. The predicted octanol–water partition coefficient (Wildman–Crippen LogP) is 2.18. The first-order chi connectivity index (χ1) is 10.1. The Kier molecular flexibility index (Phi) is 5.70. The number of fused-ring (bicyclic) bond motifs is 1. The topological polar surface area (TPSA) is 50.8 Å². The summed E-state index contributed by atoms with van der Waals surface area (Å²) in [5.41, 5.74) is 0.495. The highest BCUT2D eigenvalue weighted by atomic mass is 35.5. The average Bonchev–Trinajstić information content (AvgIpc) is 2.68. The van der Waals surface area contributed by atoms with Crippen LogP contribution in [0.15, 0.2) is 12.1 Å². The second-order valence-corrected chi connectivity index (χ2v) is 5.66. The Hall–Kier alpha value is -1.46. The van der Waals surface area contributed by atoms with Crippen LogP contribution in [0.2, 0.25) is 5.02 Å². The lowest BCUT2D eigenvalue weighted by Crippen LogP contribution is -2.27. The SMILES string of the molecule is CN(C)CCCNC(=O)c1cc(Cl)c2c(c1)OCCCO2. The molecule has 1 amide bonds. The molecule has 21 heavy (non-hydrogen) atoms. The lowest BCUT2D eigenvalue weighted by atomic mass is 10.2. The van der Waals surface area contributed by atoms with Crippen LogP contribution >= 0.6 is 11.6 Å². The van der Waals surface area contributed by atoms with Gasteiger partial charge in [-0.2, -0.15) is 0 Å². The van der Waals surface area contributed by atoms with Gasteiger partial charge in [-0.15, -0.1) is 0 Å². The first-order valence-electron chi connectivity index (χ1n) is 7.10. The molecule has 0 aliphatic carbocycles. The Morgan fingerprint density at radius 1 is 1.33 bits per heavy atom. The number of carbonyl (C=O) groups excluding carboxylic acids is 1. The monoisotopic (exact) mass is 312 g/mol. The average molecular weight is 313 g/mol. The summed E-state index contributed by atoms with van der Waals surface area (Å²) in [6.07, 6.45) is 1.70. The van der Waals surface area contributed by atoms with E-state index in [0.29, 0.717) is 41.8 Å². The second kappa shape index (κ2) is 7.52. The van der Waals surface area contributed by atoms with Crippen LogP contribution in [0.3, 0.4) is 0 Å². The molecule has 1 aromatic rings. The van der Waals surface area contributed by atoms with Crippen molar-refractivity contribution in [3.05, 3.63) is 22.7 Å². The van der Waals surface area contributed by atoms with Crippen LogP contribution in [0, 0.1) is 0 Å². The third-order valence-corrected chi connectivity index (χ3v) is 3.41. The Bertz CT molecular complexity index is 506. The minimum Gasteiger partial charge on any atom is -0.489 e. The first kappa shape index (κ1) is 15.9. The molecule has 0 radical (unpaired) electrons. The maximum Gasteiger partial charge on any atom is 0.251 e. The van der Waals surface area contributed by atoms with E-state index in [9.17, 15) is 4.79 Å². The lowest BCUT2D eigenvalue weighted by molar-refractivity contribution is 0.0952. The summed E-state index contributed by atoms with van der Waals surface area (Å²) in [6.45, 7) is 2.70. The fourth-order valence-corrected chi connectivity index (χ4v) is 2.33. The molecular formula is C15H21ClN2O3. The van der Waals surface area contributed by atoms with Crippen LogP contribution in [-0.2, 0) is 0 Å². The molecule has 0 atom stereocenters. The van der Waals surface area contributed by atoms with Crippen molar-refractivity contribution in [3.63, 3.8) is 0 Å². The first-order valence-corrected chi connectivity index (χ1v) is 7.48. The summed E-state index contributed by atoms with van der Waals surface area (Å²) in [5.74, 6) is 0.920. The van der Waals surface area contributed by atoms with Crippen molar-refractivity contribution in [2.24, 2.45) is 0 Å². The van der Waals surface area contributed by atoms with Gasteiger partial charge in [-0.3, -0.25) is 4.79 Å². The van der Waals surface area contributed by atoms with Gasteiger partial charge in [0.2, 0.25) is 0 Å². The molecular weight excluding hydrogens is 292 g/mol. The summed E-state index contributed by atoms with van der Waals surface area (Å²) in [6, 6.07) is 3.31. The van der Waals surface area contributed by atoms with Gasteiger partial charge in [0.25, 0.3) is 5.91 Å². The largest absolute Gasteiger partial charge is 0.489 e. The maximum atomic E-state index is 12.1. The fraction of sp³-hybridized carbons (Fsp3) is 0.533. The number of benzene rings is 1. The van der Waals surface area contributed by atoms with Crippen LogP contribution < -0.4 is 14.8 Å². The molecule has 116 valence electrons. The summed E-state index contributed by atoms with van der Waals surface area (Å²) in [7, 11) is 4.01. The Labute approximate surface area is 130 Å². The number of hydrogen-bond donors (Lipinski definition) is 1. The van der Waals surface area contributed by atoms with Gasteiger partial charge >= 0.3 is 0 Å². The second-order valence-electron chi connectivity index (χ2n) is 5.25. The van der Waals surface area contributed by atoms with Gasteiger partial charge in [0.1, 0.15) is 0 Å². The molecule has 1 heterocycles. The van der Waals surface area contributed by atoms with E-state index in [1.165, 1.54) is 0 Å². The number of hydrogen-bond acceptors (Lipinski definition) is 4. The third-order valence-electron chi connectivity index (χ3n) is 3.13. The van der Waals surface area contributed by atoms with E-state index < -0.39 is 0 Å². The van der Waals surface area contributed by atoms with E-state index >= 15 is 0 Å². The highest BCUT2D eigenvalue weighted by Crippen LogP contribution is 2.37. The van der Waals surface area contributed by atoms with Crippen LogP contribution in [0.1, 0.15) is 23.2 Å². The molecule has 5 nitrogen and oxygen atoms in total. The molecule has 6 heteroatoms. The molecule has 0 fully saturated rings. The minimum atomic E-state index is -0.147. The zero-order valence-electron chi connectivity index (χ0n) is 12.4. The van der Waals surface area contributed by atoms with E-state index in [0.717, 1.165) is 19.4 Å². The number of ether oxygens (including phenoxy) is 2. The van der Waals surface area contributed by atoms with E-state index in [1.54, 1.807) is 12.1 Å². The molecule has 1 aliphatic rings. The summed E-state index contributed by atoms with van der Waals surface area (Å²) >= 11 is 6.18. The van der Waals surface area contributed by atoms with Gasteiger partial charge in [-0.05, 0) is 39.2 Å².